The Morgan fingerprint density at radius 2 is 2.00 bits per heavy atom. The third-order valence-electron chi connectivity index (χ3n) is 6.88. The fraction of sp³-hybridized carbons (Fsp3) is 0.480. The first-order valence-corrected chi connectivity index (χ1v) is 12.3. The minimum Gasteiger partial charge on any atom is -0.489 e. The van der Waals surface area contributed by atoms with Gasteiger partial charge in [-0.2, -0.15) is 5.10 Å². The zero-order valence-electron chi connectivity index (χ0n) is 19.7. The third-order valence-corrected chi connectivity index (χ3v) is 7.42. The van der Waals surface area contributed by atoms with Crippen molar-refractivity contribution in [2.24, 2.45) is 0 Å². The zero-order chi connectivity index (χ0) is 24.0. The maximum absolute atomic E-state index is 14.1. The number of nitrogens with zero attached hydrogens (tertiary/aromatic N) is 4. The topological polar surface area (TPSA) is 71.8 Å². The van der Waals surface area contributed by atoms with Crippen molar-refractivity contribution in [2.45, 2.75) is 71.7 Å². The smallest absolute Gasteiger partial charge is 0.258 e. The molecule has 2 aromatic heterocycles. The molecule has 7 nitrogen and oxygen atoms in total. The van der Waals surface area contributed by atoms with Gasteiger partial charge in [0.15, 0.2) is 5.65 Å². The molecule has 5 rings (SSSR count). The highest BCUT2D eigenvalue weighted by Crippen LogP contribution is 2.33. The van der Waals surface area contributed by atoms with E-state index in [4.69, 9.17) is 16.3 Å². The van der Waals surface area contributed by atoms with Crippen LogP contribution in [0.15, 0.2) is 18.2 Å². The van der Waals surface area contributed by atoms with E-state index >= 15 is 0 Å². The Bertz CT molecular complexity index is 1250. The molecular formula is C25H29ClFN5O2. The summed E-state index contributed by atoms with van der Waals surface area (Å²) in [6.45, 7) is 7.57. The molecule has 1 fully saturated rings. The van der Waals surface area contributed by atoms with E-state index < -0.39 is 5.82 Å². The number of aromatic nitrogens is 3. The Balaban J connectivity index is 1.35. The molecule has 0 unspecified atom stereocenters. The number of hydrogen-bond acceptors (Lipinski definition) is 5. The highest BCUT2D eigenvalue weighted by molar-refractivity contribution is 6.31. The zero-order valence-corrected chi connectivity index (χ0v) is 20.5. The summed E-state index contributed by atoms with van der Waals surface area (Å²) in [6.07, 6.45) is 3.74. The Labute approximate surface area is 203 Å². The summed E-state index contributed by atoms with van der Waals surface area (Å²) >= 11 is 6.34. The van der Waals surface area contributed by atoms with Gasteiger partial charge in [0.2, 0.25) is 0 Å². The molecule has 1 N–H and O–H groups in total. The number of carbonyl (C=O) groups excluding carboxylic acids is 1. The fourth-order valence-electron chi connectivity index (χ4n) is 5.05. The van der Waals surface area contributed by atoms with Crippen LogP contribution in [0.4, 0.5) is 4.39 Å². The highest BCUT2D eigenvalue weighted by atomic mass is 35.5. The Hall–Kier alpha value is -2.71. The van der Waals surface area contributed by atoms with Crippen molar-refractivity contribution in [1.82, 2.24) is 24.8 Å². The first kappa shape index (κ1) is 23.1. The molecule has 1 amide bonds. The largest absolute Gasteiger partial charge is 0.489 e. The van der Waals surface area contributed by atoms with Crippen LogP contribution in [0, 0.1) is 19.7 Å². The van der Waals surface area contributed by atoms with Crippen molar-refractivity contribution in [2.75, 3.05) is 6.54 Å². The number of fused-ring (bicyclic) bond motifs is 3. The average molecular weight is 486 g/mol. The molecule has 1 saturated carbocycles. The highest BCUT2D eigenvalue weighted by Gasteiger charge is 2.32. The SMILES string of the molecule is CCNC1CCC(Oc2cc(F)ccc2C(=O)N2Cc3nn4c(C)c(Cl)c(C)nc4c3C2)CC1. The van der Waals surface area contributed by atoms with Gasteiger partial charge in [-0.15, -0.1) is 0 Å². The lowest BCUT2D eigenvalue weighted by atomic mass is 9.93. The van der Waals surface area contributed by atoms with Crippen molar-refractivity contribution in [3.63, 3.8) is 0 Å². The van der Waals surface area contributed by atoms with Crippen LogP contribution in [0.25, 0.3) is 5.65 Å². The maximum Gasteiger partial charge on any atom is 0.258 e. The lowest BCUT2D eigenvalue weighted by molar-refractivity contribution is 0.0737. The van der Waals surface area contributed by atoms with Crippen molar-refractivity contribution in [3.8, 4) is 5.75 Å². The molecular weight excluding hydrogens is 457 g/mol. The van der Waals surface area contributed by atoms with E-state index in [0.29, 0.717) is 35.5 Å². The molecule has 0 spiro atoms. The summed E-state index contributed by atoms with van der Waals surface area (Å²) in [5.41, 5.74) is 4.38. The molecule has 3 heterocycles. The second-order valence-electron chi connectivity index (χ2n) is 9.21. The molecule has 0 saturated heterocycles. The van der Waals surface area contributed by atoms with Crippen LogP contribution in [-0.4, -0.2) is 44.1 Å². The summed E-state index contributed by atoms with van der Waals surface area (Å²) in [5, 5.41) is 8.72. The van der Waals surface area contributed by atoms with E-state index in [0.717, 1.165) is 60.5 Å². The number of nitrogens with one attached hydrogen (secondary N) is 1. The lowest BCUT2D eigenvalue weighted by Crippen LogP contribution is -2.36. The maximum atomic E-state index is 14.1. The molecule has 180 valence electrons. The van der Waals surface area contributed by atoms with Crippen LogP contribution in [0.1, 0.15) is 65.6 Å². The number of hydrogen-bond donors (Lipinski definition) is 1. The van der Waals surface area contributed by atoms with Gasteiger partial charge in [0.05, 0.1) is 46.9 Å². The summed E-state index contributed by atoms with van der Waals surface area (Å²) in [6, 6.07) is 4.65. The number of benzene rings is 1. The first-order chi connectivity index (χ1) is 16.4. The molecule has 1 aliphatic heterocycles. The van der Waals surface area contributed by atoms with Crippen LogP contribution in [0.3, 0.4) is 0 Å². The molecule has 1 aromatic carbocycles. The summed E-state index contributed by atoms with van der Waals surface area (Å²) in [5.74, 6) is -0.301. The molecule has 34 heavy (non-hydrogen) atoms. The molecule has 1 aliphatic carbocycles. The molecule has 0 bridgehead atoms. The second kappa shape index (κ2) is 9.15. The molecule has 2 aliphatic rings. The molecule has 0 radical (unpaired) electrons. The van der Waals surface area contributed by atoms with Crippen LogP contribution in [0.5, 0.6) is 5.75 Å². The van der Waals surface area contributed by atoms with Gasteiger partial charge in [-0.1, -0.05) is 18.5 Å². The minimum atomic E-state index is -0.415. The number of aryl methyl sites for hydroxylation is 2. The molecule has 3 aromatic rings. The van der Waals surface area contributed by atoms with Gasteiger partial charge in [-0.05, 0) is 58.2 Å². The van der Waals surface area contributed by atoms with Crippen LogP contribution >= 0.6 is 11.6 Å². The standard InChI is InChI=1S/C25H29ClFN5O2/c1-4-28-17-6-8-18(9-7-17)34-22-11-16(27)5-10-19(22)25(33)31-12-20-21(13-31)30-32-15(3)23(26)14(2)29-24(20)32/h5,10-11,17-18,28H,4,6-9,12-13H2,1-3H3. The van der Waals surface area contributed by atoms with Gasteiger partial charge >= 0.3 is 0 Å². The fourth-order valence-corrected chi connectivity index (χ4v) is 5.17. The number of amides is 1. The number of halogens is 2. The Morgan fingerprint density at radius 1 is 1.24 bits per heavy atom. The van der Waals surface area contributed by atoms with Crippen molar-refractivity contribution in [1.29, 1.82) is 0 Å². The average Bonchev–Trinajstić information content (AvgIpc) is 3.38. The van der Waals surface area contributed by atoms with Crippen LogP contribution in [0.2, 0.25) is 5.02 Å². The molecule has 9 heteroatoms. The van der Waals surface area contributed by atoms with E-state index in [9.17, 15) is 9.18 Å². The number of ether oxygens (including phenoxy) is 1. The first-order valence-electron chi connectivity index (χ1n) is 11.9. The summed E-state index contributed by atoms with van der Waals surface area (Å²) in [4.78, 5) is 19.8. The van der Waals surface area contributed by atoms with Gasteiger partial charge in [0, 0.05) is 17.7 Å². The van der Waals surface area contributed by atoms with Gasteiger partial charge in [-0.3, -0.25) is 4.79 Å². The Kier molecular flexibility index (Phi) is 6.20. The molecule has 0 atom stereocenters. The van der Waals surface area contributed by atoms with E-state index in [1.54, 1.807) is 9.42 Å². The van der Waals surface area contributed by atoms with Crippen molar-refractivity contribution >= 4 is 23.2 Å². The summed E-state index contributed by atoms with van der Waals surface area (Å²) < 4.78 is 22.0. The summed E-state index contributed by atoms with van der Waals surface area (Å²) in [7, 11) is 0. The minimum absolute atomic E-state index is 0.0249. The number of rotatable bonds is 5. The quantitative estimate of drug-likeness (QED) is 0.572. The van der Waals surface area contributed by atoms with Crippen molar-refractivity contribution < 1.29 is 13.9 Å². The van der Waals surface area contributed by atoms with Crippen LogP contribution < -0.4 is 10.1 Å². The van der Waals surface area contributed by atoms with Gasteiger partial charge in [0.25, 0.3) is 5.91 Å². The van der Waals surface area contributed by atoms with E-state index in [2.05, 4.69) is 22.3 Å². The predicted molar refractivity (Wildman–Crippen MR) is 128 cm³/mol. The lowest BCUT2D eigenvalue weighted by Gasteiger charge is -2.30. The normalized spacial score (nSPS) is 20.1. The van der Waals surface area contributed by atoms with Gasteiger partial charge in [0.1, 0.15) is 11.6 Å². The van der Waals surface area contributed by atoms with E-state index in [1.807, 2.05) is 13.8 Å². The second-order valence-corrected chi connectivity index (χ2v) is 9.59. The Morgan fingerprint density at radius 3 is 2.74 bits per heavy atom. The third kappa shape index (κ3) is 4.14. The predicted octanol–water partition coefficient (Wildman–Crippen LogP) is 4.59. The van der Waals surface area contributed by atoms with Gasteiger partial charge in [-0.25, -0.2) is 13.9 Å². The van der Waals surface area contributed by atoms with Gasteiger partial charge < -0.3 is 15.0 Å². The monoisotopic (exact) mass is 485 g/mol. The van der Waals surface area contributed by atoms with Crippen LogP contribution in [-0.2, 0) is 13.1 Å². The van der Waals surface area contributed by atoms with E-state index in [-0.39, 0.29) is 12.0 Å². The van der Waals surface area contributed by atoms with E-state index in [1.165, 1.54) is 18.2 Å². The number of carbonyl (C=O) groups is 1. The van der Waals surface area contributed by atoms with Crippen molar-refractivity contribution in [3.05, 3.63) is 57.2 Å².